The monoisotopic (exact) mass is 328 g/mol. The predicted molar refractivity (Wildman–Crippen MR) is 77.5 cm³/mol. The average molecular weight is 329 g/mol. The Balaban J connectivity index is 2.13. The smallest absolute Gasteiger partial charge is 0.312 e. The number of nitro groups is 1. The molecule has 0 aliphatic carbocycles. The number of hydrogen-bond donors (Lipinski definition) is 0. The molecule has 0 saturated carbocycles. The van der Waals surface area contributed by atoms with Crippen LogP contribution in [0.15, 0.2) is 16.7 Å². The first-order chi connectivity index (χ1) is 9.11. The molecule has 2 rings (SSSR count). The fourth-order valence-electron chi connectivity index (χ4n) is 2.30. The standard InChI is InChI=1S/C12H17BrN4O2/c1-2-3-15-4-6-16(7-5-15)12-11(17(18)19)8-10(13)9-14-12/h8-9H,2-7H2,1H3. The molecule has 1 saturated heterocycles. The predicted octanol–water partition coefficient (Wildman–Crippen LogP) is 2.28. The van der Waals surface area contributed by atoms with Gasteiger partial charge >= 0.3 is 5.69 Å². The molecule has 0 unspecified atom stereocenters. The first-order valence-electron chi connectivity index (χ1n) is 6.39. The molecule has 1 aromatic heterocycles. The molecule has 0 aromatic carbocycles. The van der Waals surface area contributed by atoms with Gasteiger partial charge in [-0.25, -0.2) is 4.98 Å². The van der Waals surface area contributed by atoms with Gasteiger partial charge in [-0.2, -0.15) is 0 Å². The minimum absolute atomic E-state index is 0.0679. The topological polar surface area (TPSA) is 62.5 Å². The molecule has 1 aromatic rings. The van der Waals surface area contributed by atoms with Gasteiger partial charge in [-0.1, -0.05) is 6.92 Å². The van der Waals surface area contributed by atoms with Crippen LogP contribution in [0.3, 0.4) is 0 Å². The highest BCUT2D eigenvalue weighted by Crippen LogP contribution is 2.29. The van der Waals surface area contributed by atoms with Gasteiger partial charge in [-0.15, -0.1) is 0 Å². The third-order valence-corrected chi connectivity index (χ3v) is 3.66. The SMILES string of the molecule is CCCN1CCN(c2ncc(Br)cc2[N+](=O)[O-])CC1. The van der Waals surface area contributed by atoms with Crippen molar-refractivity contribution >= 4 is 27.4 Å². The maximum atomic E-state index is 11.1. The number of hydrogen-bond acceptors (Lipinski definition) is 5. The van der Waals surface area contributed by atoms with Crippen LogP contribution in [0.4, 0.5) is 11.5 Å². The summed E-state index contributed by atoms with van der Waals surface area (Å²) < 4.78 is 0.632. The molecule has 6 nitrogen and oxygen atoms in total. The van der Waals surface area contributed by atoms with E-state index in [-0.39, 0.29) is 10.6 Å². The van der Waals surface area contributed by atoms with Crippen molar-refractivity contribution in [3.63, 3.8) is 0 Å². The van der Waals surface area contributed by atoms with Crippen molar-refractivity contribution in [3.8, 4) is 0 Å². The minimum Gasteiger partial charge on any atom is -0.348 e. The van der Waals surface area contributed by atoms with Gasteiger partial charge in [0, 0.05) is 42.9 Å². The van der Waals surface area contributed by atoms with E-state index >= 15 is 0 Å². The van der Waals surface area contributed by atoms with Gasteiger partial charge in [0.1, 0.15) is 0 Å². The van der Waals surface area contributed by atoms with Gasteiger partial charge in [0.2, 0.25) is 5.82 Å². The van der Waals surface area contributed by atoms with Crippen LogP contribution in [0, 0.1) is 10.1 Å². The van der Waals surface area contributed by atoms with E-state index in [0.29, 0.717) is 10.3 Å². The van der Waals surface area contributed by atoms with Crippen molar-refractivity contribution in [2.24, 2.45) is 0 Å². The van der Waals surface area contributed by atoms with Crippen LogP contribution in [-0.4, -0.2) is 47.5 Å². The molecule has 7 heteroatoms. The number of piperazine rings is 1. The molecule has 0 atom stereocenters. The fraction of sp³-hybridized carbons (Fsp3) is 0.583. The van der Waals surface area contributed by atoms with Crippen molar-refractivity contribution in [2.75, 3.05) is 37.6 Å². The van der Waals surface area contributed by atoms with E-state index < -0.39 is 0 Å². The lowest BCUT2D eigenvalue weighted by Gasteiger charge is -2.34. The van der Waals surface area contributed by atoms with Gasteiger partial charge < -0.3 is 4.90 Å². The molecule has 0 bridgehead atoms. The second kappa shape index (κ2) is 6.29. The largest absolute Gasteiger partial charge is 0.348 e. The first kappa shape index (κ1) is 14.2. The summed E-state index contributed by atoms with van der Waals surface area (Å²) in [4.78, 5) is 19.3. The number of nitrogens with zero attached hydrogens (tertiary/aromatic N) is 4. The zero-order valence-electron chi connectivity index (χ0n) is 10.9. The Morgan fingerprint density at radius 3 is 2.68 bits per heavy atom. The summed E-state index contributed by atoms with van der Waals surface area (Å²) in [6.45, 7) is 6.69. The third-order valence-electron chi connectivity index (χ3n) is 3.22. The van der Waals surface area contributed by atoms with Gasteiger partial charge in [0.05, 0.1) is 4.92 Å². The second-order valence-corrected chi connectivity index (χ2v) is 5.50. The maximum Gasteiger partial charge on any atom is 0.312 e. The Kier molecular flexibility index (Phi) is 4.71. The lowest BCUT2D eigenvalue weighted by molar-refractivity contribution is -0.384. The van der Waals surface area contributed by atoms with Crippen molar-refractivity contribution in [1.82, 2.24) is 9.88 Å². The number of aromatic nitrogens is 1. The Morgan fingerprint density at radius 1 is 1.42 bits per heavy atom. The molecule has 2 heterocycles. The Hall–Kier alpha value is -1.21. The second-order valence-electron chi connectivity index (χ2n) is 4.58. The van der Waals surface area contributed by atoms with E-state index in [9.17, 15) is 10.1 Å². The molecule has 0 radical (unpaired) electrons. The molecular weight excluding hydrogens is 312 g/mol. The van der Waals surface area contributed by atoms with Crippen molar-refractivity contribution in [3.05, 3.63) is 26.9 Å². The minimum atomic E-state index is -0.370. The quantitative estimate of drug-likeness (QED) is 0.626. The molecule has 0 N–H and O–H groups in total. The lowest BCUT2D eigenvalue weighted by atomic mass is 10.2. The maximum absolute atomic E-state index is 11.1. The van der Waals surface area contributed by atoms with Crippen LogP contribution in [0.1, 0.15) is 13.3 Å². The van der Waals surface area contributed by atoms with Crippen LogP contribution in [0.25, 0.3) is 0 Å². The Bertz CT molecular complexity index is 461. The lowest BCUT2D eigenvalue weighted by Crippen LogP contribution is -2.47. The first-order valence-corrected chi connectivity index (χ1v) is 7.18. The zero-order chi connectivity index (χ0) is 13.8. The Labute approximate surface area is 120 Å². The summed E-state index contributed by atoms with van der Waals surface area (Å²) >= 11 is 3.23. The molecular formula is C12H17BrN4O2. The zero-order valence-corrected chi connectivity index (χ0v) is 12.5. The van der Waals surface area contributed by atoms with Gasteiger partial charge in [-0.05, 0) is 28.9 Å². The van der Waals surface area contributed by atoms with Gasteiger partial charge in [0.15, 0.2) is 0 Å². The highest BCUT2D eigenvalue weighted by molar-refractivity contribution is 9.10. The Morgan fingerprint density at radius 2 is 2.11 bits per heavy atom. The molecule has 104 valence electrons. The van der Waals surface area contributed by atoms with Crippen molar-refractivity contribution in [1.29, 1.82) is 0 Å². The molecule has 0 amide bonds. The van der Waals surface area contributed by atoms with E-state index in [2.05, 4.69) is 32.7 Å². The van der Waals surface area contributed by atoms with Crippen LogP contribution in [0.2, 0.25) is 0 Å². The van der Waals surface area contributed by atoms with E-state index in [0.717, 1.165) is 39.1 Å². The number of pyridine rings is 1. The van der Waals surface area contributed by atoms with E-state index in [1.165, 1.54) is 6.07 Å². The third kappa shape index (κ3) is 3.42. The van der Waals surface area contributed by atoms with Crippen molar-refractivity contribution in [2.45, 2.75) is 13.3 Å². The molecule has 1 fully saturated rings. The summed E-state index contributed by atoms with van der Waals surface area (Å²) in [5.41, 5.74) is 0.0679. The summed E-state index contributed by atoms with van der Waals surface area (Å²) in [7, 11) is 0. The molecule has 1 aliphatic heterocycles. The van der Waals surface area contributed by atoms with E-state index in [4.69, 9.17) is 0 Å². The molecule has 0 spiro atoms. The van der Waals surface area contributed by atoms with Gasteiger partial charge in [-0.3, -0.25) is 15.0 Å². The normalized spacial score (nSPS) is 16.6. The van der Waals surface area contributed by atoms with E-state index in [1.54, 1.807) is 6.20 Å². The summed E-state index contributed by atoms with van der Waals surface area (Å²) in [6, 6.07) is 1.51. The summed E-state index contributed by atoms with van der Waals surface area (Å²) in [6.07, 6.45) is 2.75. The highest BCUT2D eigenvalue weighted by Gasteiger charge is 2.24. The van der Waals surface area contributed by atoms with Crippen LogP contribution in [-0.2, 0) is 0 Å². The van der Waals surface area contributed by atoms with Crippen LogP contribution in [0.5, 0.6) is 0 Å². The molecule has 1 aliphatic rings. The van der Waals surface area contributed by atoms with Gasteiger partial charge in [0.25, 0.3) is 0 Å². The van der Waals surface area contributed by atoms with Crippen LogP contribution < -0.4 is 4.90 Å². The summed E-state index contributed by atoms with van der Waals surface area (Å²) in [5.74, 6) is 0.476. The van der Waals surface area contributed by atoms with Crippen molar-refractivity contribution < 1.29 is 4.92 Å². The molecule has 19 heavy (non-hydrogen) atoms. The fourth-order valence-corrected chi connectivity index (χ4v) is 2.62. The average Bonchev–Trinajstić information content (AvgIpc) is 2.40. The highest BCUT2D eigenvalue weighted by atomic mass is 79.9. The number of anilines is 1. The number of rotatable bonds is 4. The van der Waals surface area contributed by atoms with E-state index in [1.807, 2.05) is 4.90 Å². The number of halogens is 1. The summed E-state index contributed by atoms with van der Waals surface area (Å²) in [5, 5.41) is 11.1. The van der Waals surface area contributed by atoms with Crippen LogP contribution >= 0.6 is 15.9 Å².